The first-order valence-corrected chi connectivity index (χ1v) is 8.37. The van der Waals surface area contributed by atoms with Crippen LogP contribution < -0.4 is 0 Å². The molecule has 8 heteroatoms. The smallest absolute Gasteiger partial charge is 0.256 e. The van der Waals surface area contributed by atoms with E-state index in [-0.39, 0.29) is 18.0 Å². The number of amides is 2. The molecule has 1 fully saturated rings. The number of benzene rings is 1. The summed E-state index contributed by atoms with van der Waals surface area (Å²) in [6.45, 7) is 2.55. The first-order valence-electron chi connectivity index (χ1n) is 8.00. The summed E-state index contributed by atoms with van der Waals surface area (Å²) in [5.41, 5.74) is -0.0340. The van der Waals surface area contributed by atoms with E-state index in [2.05, 4.69) is 0 Å². The number of rotatable bonds is 5. The van der Waals surface area contributed by atoms with Crippen molar-refractivity contribution in [3.8, 4) is 6.07 Å². The van der Waals surface area contributed by atoms with E-state index >= 15 is 0 Å². The summed E-state index contributed by atoms with van der Waals surface area (Å²) in [5.74, 6) is -1.04. The normalized spacial score (nSPS) is 14.9. The molecule has 1 saturated heterocycles. The van der Waals surface area contributed by atoms with E-state index in [0.29, 0.717) is 44.2 Å². The third kappa shape index (κ3) is 5.15. The Morgan fingerprint density at radius 1 is 1.32 bits per heavy atom. The van der Waals surface area contributed by atoms with Gasteiger partial charge >= 0.3 is 0 Å². The number of nitriles is 1. The summed E-state index contributed by atoms with van der Waals surface area (Å²) in [4.78, 5) is 29.5. The predicted octanol–water partition coefficient (Wildman–Crippen LogP) is 1.61. The molecule has 0 radical (unpaired) electrons. The number of carbonyl (C=O) groups excluding carboxylic acids is 2. The van der Waals surface area contributed by atoms with Crippen molar-refractivity contribution < 1.29 is 14.0 Å². The van der Waals surface area contributed by atoms with Gasteiger partial charge in [-0.2, -0.15) is 5.26 Å². The highest BCUT2D eigenvalue weighted by Crippen LogP contribution is 2.17. The van der Waals surface area contributed by atoms with Gasteiger partial charge in [-0.15, -0.1) is 0 Å². The summed E-state index contributed by atoms with van der Waals surface area (Å²) in [6.07, 6.45) is 0.301. The van der Waals surface area contributed by atoms with Crippen molar-refractivity contribution in [1.82, 2.24) is 14.7 Å². The maximum absolute atomic E-state index is 13.8. The number of piperazine rings is 1. The number of nitrogens with zero attached hydrogens (tertiary/aromatic N) is 4. The summed E-state index contributed by atoms with van der Waals surface area (Å²) in [7, 11) is 1.67. The van der Waals surface area contributed by atoms with Crippen molar-refractivity contribution in [3.63, 3.8) is 0 Å². The van der Waals surface area contributed by atoms with Gasteiger partial charge in [0.15, 0.2) is 0 Å². The zero-order valence-corrected chi connectivity index (χ0v) is 14.8. The molecule has 134 valence electrons. The molecule has 1 aromatic rings. The zero-order valence-electron chi connectivity index (χ0n) is 14.0. The first kappa shape index (κ1) is 19.2. The summed E-state index contributed by atoms with van der Waals surface area (Å²) in [5, 5.41) is 8.87. The van der Waals surface area contributed by atoms with Crippen LogP contribution in [0.1, 0.15) is 16.8 Å². The third-order valence-electron chi connectivity index (χ3n) is 4.16. The lowest BCUT2D eigenvalue weighted by molar-refractivity contribution is -0.131. The molecule has 1 aromatic carbocycles. The molecule has 0 saturated carbocycles. The molecule has 0 atom stereocenters. The molecule has 2 amide bonds. The van der Waals surface area contributed by atoms with Gasteiger partial charge in [-0.25, -0.2) is 4.39 Å². The van der Waals surface area contributed by atoms with Crippen LogP contribution in [0.2, 0.25) is 5.02 Å². The van der Waals surface area contributed by atoms with E-state index in [9.17, 15) is 14.0 Å². The molecule has 25 heavy (non-hydrogen) atoms. The van der Waals surface area contributed by atoms with Crippen LogP contribution in [0.5, 0.6) is 0 Å². The van der Waals surface area contributed by atoms with Crippen molar-refractivity contribution in [1.29, 1.82) is 5.26 Å². The molecule has 0 bridgehead atoms. The molecule has 0 spiro atoms. The van der Waals surface area contributed by atoms with E-state index in [1.165, 1.54) is 23.1 Å². The molecule has 1 heterocycles. The van der Waals surface area contributed by atoms with E-state index in [0.717, 1.165) is 0 Å². The van der Waals surface area contributed by atoms with Crippen LogP contribution >= 0.6 is 11.6 Å². The molecular formula is C17H20ClFN4O2. The minimum Gasteiger partial charge on any atom is -0.344 e. The van der Waals surface area contributed by atoms with Crippen LogP contribution in [0.4, 0.5) is 4.39 Å². The molecule has 6 nitrogen and oxygen atoms in total. The van der Waals surface area contributed by atoms with Crippen LogP contribution in [-0.2, 0) is 4.79 Å². The molecule has 0 N–H and O–H groups in total. The van der Waals surface area contributed by atoms with Crippen molar-refractivity contribution >= 4 is 23.4 Å². The summed E-state index contributed by atoms with van der Waals surface area (Å²) < 4.78 is 13.8. The lowest BCUT2D eigenvalue weighted by Crippen LogP contribution is -2.51. The largest absolute Gasteiger partial charge is 0.344 e. The van der Waals surface area contributed by atoms with Crippen LogP contribution in [0, 0.1) is 17.1 Å². The Hall–Kier alpha value is -2.17. The van der Waals surface area contributed by atoms with Crippen molar-refractivity contribution in [2.75, 3.05) is 46.3 Å². The fourth-order valence-corrected chi connectivity index (χ4v) is 2.77. The maximum Gasteiger partial charge on any atom is 0.256 e. The lowest BCUT2D eigenvalue weighted by Gasteiger charge is -2.35. The highest BCUT2D eigenvalue weighted by molar-refractivity contribution is 6.31. The molecule has 2 rings (SSSR count). The summed E-state index contributed by atoms with van der Waals surface area (Å²) >= 11 is 5.84. The molecule has 0 unspecified atom stereocenters. The fraction of sp³-hybridized carbons (Fsp3) is 0.471. The zero-order chi connectivity index (χ0) is 18.4. The second kappa shape index (κ2) is 8.79. The van der Waals surface area contributed by atoms with Crippen LogP contribution in [0.3, 0.4) is 0 Å². The lowest BCUT2D eigenvalue weighted by atomic mass is 10.1. The Balaban J connectivity index is 1.87. The van der Waals surface area contributed by atoms with Gasteiger partial charge in [0.25, 0.3) is 5.91 Å². The van der Waals surface area contributed by atoms with E-state index in [4.69, 9.17) is 16.9 Å². The third-order valence-corrected chi connectivity index (χ3v) is 4.40. The summed E-state index contributed by atoms with van der Waals surface area (Å²) in [6, 6.07) is 5.93. The molecule has 1 aliphatic heterocycles. The quantitative estimate of drug-likeness (QED) is 0.794. The van der Waals surface area contributed by atoms with Gasteiger partial charge in [-0.05, 0) is 18.2 Å². The Kier molecular flexibility index (Phi) is 6.73. The topological polar surface area (TPSA) is 67.7 Å². The average Bonchev–Trinajstić information content (AvgIpc) is 2.61. The number of likely N-dealkylation sites (N-methyl/N-ethyl adjacent to an activating group) is 1. The molecule has 0 aromatic heterocycles. The van der Waals surface area contributed by atoms with Gasteiger partial charge in [0.2, 0.25) is 5.91 Å². The Morgan fingerprint density at radius 2 is 2.00 bits per heavy atom. The Morgan fingerprint density at radius 3 is 2.64 bits per heavy atom. The Bertz CT molecular complexity index is 684. The van der Waals surface area contributed by atoms with Gasteiger partial charge in [0, 0.05) is 44.8 Å². The average molecular weight is 367 g/mol. The van der Waals surface area contributed by atoms with Crippen LogP contribution in [0.15, 0.2) is 18.2 Å². The predicted molar refractivity (Wildman–Crippen MR) is 91.6 cm³/mol. The molecule has 0 aliphatic carbocycles. The van der Waals surface area contributed by atoms with Gasteiger partial charge < -0.3 is 9.80 Å². The van der Waals surface area contributed by atoms with Crippen molar-refractivity contribution in [3.05, 3.63) is 34.6 Å². The van der Waals surface area contributed by atoms with Gasteiger partial charge in [0.05, 0.1) is 24.6 Å². The number of carbonyl (C=O) groups is 2. The highest BCUT2D eigenvalue weighted by atomic mass is 35.5. The fourth-order valence-electron chi connectivity index (χ4n) is 2.60. The van der Waals surface area contributed by atoms with E-state index in [1.807, 2.05) is 11.0 Å². The highest BCUT2D eigenvalue weighted by Gasteiger charge is 2.25. The van der Waals surface area contributed by atoms with Gasteiger partial charge in [0.1, 0.15) is 5.82 Å². The van der Waals surface area contributed by atoms with Crippen molar-refractivity contribution in [2.24, 2.45) is 0 Å². The number of hydrogen-bond acceptors (Lipinski definition) is 4. The molecule has 1 aliphatic rings. The monoisotopic (exact) mass is 366 g/mol. The van der Waals surface area contributed by atoms with Crippen LogP contribution in [0.25, 0.3) is 0 Å². The minimum absolute atomic E-state index is 0.0340. The van der Waals surface area contributed by atoms with Crippen molar-refractivity contribution in [2.45, 2.75) is 6.42 Å². The van der Waals surface area contributed by atoms with Gasteiger partial charge in [-0.1, -0.05) is 11.6 Å². The standard InChI is InChI=1S/C17H20ClFN4O2/c1-21(6-2-5-20)16(24)12-22-7-9-23(10-8-22)17(25)14-11-13(18)3-4-15(14)19/h3-4,11H,2,6-10,12H2,1H3. The Labute approximate surface area is 151 Å². The molecular weight excluding hydrogens is 347 g/mol. The van der Waals surface area contributed by atoms with E-state index < -0.39 is 11.7 Å². The van der Waals surface area contributed by atoms with Crippen LogP contribution in [-0.4, -0.2) is 72.8 Å². The van der Waals surface area contributed by atoms with Gasteiger partial charge in [-0.3, -0.25) is 14.5 Å². The second-order valence-electron chi connectivity index (χ2n) is 5.92. The maximum atomic E-state index is 13.8. The number of hydrogen-bond donors (Lipinski definition) is 0. The first-order chi connectivity index (χ1) is 11.9. The SMILES string of the molecule is CN(CCC#N)C(=O)CN1CCN(C(=O)c2cc(Cl)ccc2F)CC1. The second-order valence-corrected chi connectivity index (χ2v) is 6.35. The van der Waals surface area contributed by atoms with E-state index in [1.54, 1.807) is 11.9 Å². The number of halogens is 2. The minimum atomic E-state index is -0.592.